The molecule has 0 aromatic carbocycles. The van der Waals surface area contributed by atoms with Crippen LogP contribution in [-0.4, -0.2) is 27.6 Å². The maximum atomic E-state index is 10.4. The van der Waals surface area contributed by atoms with Gasteiger partial charge >= 0.3 is 5.97 Å². The number of carboxylic acid groups (broad SMARTS) is 1. The van der Waals surface area contributed by atoms with Crippen LogP contribution in [0, 0.1) is 0 Å². The summed E-state index contributed by atoms with van der Waals surface area (Å²) in [6.07, 6.45) is 28.7. The van der Waals surface area contributed by atoms with E-state index in [-0.39, 0.29) is 0 Å². The van der Waals surface area contributed by atoms with Gasteiger partial charge in [0.25, 0.3) is 0 Å². The fourth-order valence-corrected chi connectivity index (χ4v) is 3.93. The monoisotopic (exact) mass is 458 g/mol. The maximum absolute atomic E-state index is 10.4. The highest BCUT2D eigenvalue weighted by Gasteiger charge is 1.97. The third kappa shape index (κ3) is 36.7. The minimum atomic E-state index is -1.10. The molecule has 0 aromatic heterocycles. The Kier molecular flexibility index (Phi) is 31.9. The molecule has 0 aliphatic heterocycles. The van der Waals surface area contributed by atoms with E-state index in [1.165, 1.54) is 109 Å². The van der Waals surface area contributed by atoms with Crippen LogP contribution >= 0.6 is 0 Å². The molecule has 0 amide bonds. The van der Waals surface area contributed by atoms with E-state index in [1.807, 2.05) is 0 Å². The number of aliphatic hydroxyl groups excluding tert-OH is 1. The van der Waals surface area contributed by atoms with Crippen molar-refractivity contribution in [2.75, 3.05) is 0 Å². The highest BCUT2D eigenvalue weighted by Crippen LogP contribution is 2.14. The van der Waals surface area contributed by atoms with Gasteiger partial charge in [-0.15, -0.1) is 0 Å². The molecule has 194 valence electrons. The number of hydrogen-bond donors (Lipinski definition) is 3. The first-order chi connectivity index (χ1) is 15.5. The summed E-state index contributed by atoms with van der Waals surface area (Å²) in [4.78, 5) is 10.4. The first-order valence-electron chi connectivity index (χ1n) is 14.1. The molecule has 0 saturated carbocycles. The van der Waals surface area contributed by atoms with Gasteiger partial charge in [-0.25, -0.2) is 0 Å². The molecule has 0 rings (SSSR count). The van der Waals surface area contributed by atoms with E-state index >= 15 is 0 Å². The summed E-state index contributed by atoms with van der Waals surface area (Å²) in [5, 5.41) is 25.2. The minimum Gasteiger partial charge on any atom is -0.481 e. The Bertz CT molecular complexity index is 344. The van der Waals surface area contributed by atoms with Gasteiger partial charge in [-0.2, -0.15) is 0 Å². The van der Waals surface area contributed by atoms with Crippen molar-refractivity contribution in [1.29, 1.82) is 0 Å². The zero-order valence-corrected chi connectivity index (χ0v) is 21.8. The Morgan fingerprint density at radius 1 is 0.500 bits per heavy atom. The average Bonchev–Trinajstić information content (AvgIpc) is 2.75. The molecule has 3 N–H and O–H groups in total. The van der Waals surface area contributed by atoms with E-state index in [2.05, 4.69) is 13.8 Å². The molecular weight excluding hydrogens is 400 g/mol. The van der Waals surface area contributed by atoms with Gasteiger partial charge in [-0.05, 0) is 19.3 Å². The van der Waals surface area contributed by atoms with Crippen molar-refractivity contribution >= 4 is 5.97 Å². The lowest BCUT2D eigenvalue weighted by atomic mass is 10.0. The number of rotatable bonds is 24. The van der Waals surface area contributed by atoms with Crippen LogP contribution in [0.15, 0.2) is 0 Å². The lowest BCUT2D eigenvalue weighted by molar-refractivity contribution is -0.137. The van der Waals surface area contributed by atoms with E-state index in [9.17, 15) is 4.79 Å². The molecule has 0 saturated heterocycles. The van der Waals surface area contributed by atoms with Crippen LogP contribution in [0.5, 0.6) is 0 Å². The molecule has 4 nitrogen and oxygen atoms in total. The summed E-state index contributed by atoms with van der Waals surface area (Å²) in [6, 6.07) is 0. The smallest absolute Gasteiger partial charge is 0.303 e. The lowest BCUT2D eigenvalue weighted by Gasteiger charge is -2.03. The van der Waals surface area contributed by atoms with E-state index < -0.39 is 12.3 Å². The van der Waals surface area contributed by atoms with Gasteiger partial charge in [-0.3, -0.25) is 4.79 Å². The summed E-state index contributed by atoms with van der Waals surface area (Å²) in [5.74, 6) is -0.651. The summed E-state index contributed by atoms with van der Waals surface area (Å²) in [6.45, 7) is 4.37. The number of aliphatic carboxylic acids is 1. The summed E-state index contributed by atoms with van der Waals surface area (Å²) >= 11 is 0. The second-order valence-corrected chi connectivity index (χ2v) is 9.48. The molecule has 0 spiro atoms. The standard InChI is InChI=1S/C22H44O2.C6H14O2/c1-2-3-4-5-6-7-8-9-10-11-12-13-14-15-16-17-18-19-20-21-22(23)24;1-2-3-4-5-6(7)8/h2-21H2,1H3,(H,23,24);6-8H,2-5H2,1H3. The molecule has 0 aromatic rings. The molecule has 0 unspecified atom stereocenters. The summed E-state index contributed by atoms with van der Waals surface area (Å²) in [7, 11) is 0. The van der Waals surface area contributed by atoms with E-state index in [4.69, 9.17) is 15.3 Å². The van der Waals surface area contributed by atoms with Crippen molar-refractivity contribution in [3.8, 4) is 0 Å². The number of unbranched alkanes of at least 4 members (excludes halogenated alkanes) is 20. The van der Waals surface area contributed by atoms with Crippen LogP contribution in [0.1, 0.15) is 168 Å². The third-order valence-electron chi connectivity index (χ3n) is 6.06. The van der Waals surface area contributed by atoms with E-state index in [1.54, 1.807) is 0 Å². The van der Waals surface area contributed by atoms with Gasteiger partial charge < -0.3 is 15.3 Å². The van der Waals surface area contributed by atoms with Gasteiger partial charge in [0.05, 0.1) is 0 Å². The van der Waals surface area contributed by atoms with Crippen LogP contribution in [0.2, 0.25) is 0 Å². The van der Waals surface area contributed by atoms with Crippen LogP contribution < -0.4 is 0 Å². The summed E-state index contributed by atoms with van der Waals surface area (Å²) in [5.41, 5.74) is 0. The number of aliphatic hydroxyl groups is 2. The van der Waals surface area contributed by atoms with Crippen LogP contribution in [0.25, 0.3) is 0 Å². The highest BCUT2D eigenvalue weighted by atomic mass is 16.5. The topological polar surface area (TPSA) is 77.8 Å². The Labute approximate surface area is 200 Å². The van der Waals surface area contributed by atoms with Gasteiger partial charge in [0.1, 0.15) is 0 Å². The molecule has 0 radical (unpaired) electrons. The number of carboxylic acids is 1. The zero-order chi connectivity index (χ0) is 24.1. The molecule has 0 aliphatic carbocycles. The second-order valence-electron chi connectivity index (χ2n) is 9.48. The Morgan fingerprint density at radius 3 is 1.06 bits per heavy atom. The average molecular weight is 459 g/mol. The van der Waals surface area contributed by atoms with Crippen LogP contribution in [0.4, 0.5) is 0 Å². The zero-order valence-electron chi connectivity index (χ0n) is 21.8. The molecule has 0 heterocycles. The Balaban J connectivity index is 0. The highest BCUT2D eigenvalue weighted by molar-refractivity contribution is 5.66. The minimum absolute atomic E-state index is 0.346. The SMILES string of the molecule is CCCCCC(O)O.CCCCCCCCCCCCCCCCCCCCCC(=O)O. The van der Waals surface area contributed by atoms with Crippen LogP contribution in [0.3, 0.4) is 0 Å². The maximum Gasteiger partial charge on any atom is 0.303 e. The molecule has 32 heavy (non-hydrogen) atoms. The molecule has 0 fully saturated rings. The van der Waals surface area contributed by atoms with Crippen molar-refractivity contribution < 1.29 is 20.1 Å². The quantitative estimate of drug-likeness (QED) is 0.0997. The van der Waals surface area contributed by atoms with Crippen molar-refractivity contribution in [2.45, 2.75) is 174 Å². The fourth-order valence-electron chi connectivity index (χ4n) is 3.93. The summed E-state index contributed by atoms with van der Waals surface area (Å²) < 4.78 is 0. The van der Waals surface area contributed by atoms with Crippen molar-refractivity contribution in [1.82, 2.24) is 0 Å². The van der Waals surface area contributed by atoms with Gasteiger partial charge in [0.2, 0.25) is 0 Å². The second kappa shape index (κ2) is 30.4. The molecule has 0 atom stereocenters. The van der Waals surface area contributed by atoms with Crippen molar-refractivity contribution in [3.63, 3.8) is 0 Å². The lowest BCUT2D eigenvalue weighted by Crippen LogP contribution is -2.02. The molecular formula is C28H58O4. The normalized spacial score (nSPS) is 10.9. The third-order valence-corrected chi connectivity index (χ3v) is 6.06. The van der Waals surface area contributed by atoms with E-state index in [0.29, 0.717) is 12.8 Å². The Morgan fingerprint density at radius 2 is 0.781 bits per heavy atom. The van der Waals surface area contributed by atoms with Gasteiger partial charge in [0, 0.05) is 6.42 Å². The predicted octanol–water partition coefficient (Wildman–Crippen LogP) is 8.77. The molecule has 4 heteroatoms. The number of carbonyl (C=O) groups is 1. The fraction of sp³-hybridized carbons (Fsp3) is 0.964. The Hall–Kier alpha value is -0.610. The number of hydrogen-bond acceptors (Lipinski definition) is 3. The molecule has 0 bridgehead atoms. The first kappa shape index (κ1) is 33.6. The van der Waals surface area contributed by atoms with Crippen molar-refractivity contribution in [2.24, 2.45) is 0 Å². The van der Waals surface area contributed by atoms with E-state index in [0.717, 1.165) is 32.1 Å². The van der Waals surface area contributed by atoms with Gasteiger partial charge in [0.15, 0.2) is 6.29 Å². The molecule has 0 aliphatic rings. The van der Waals surface area contributed by atoms with Gasteiger partial charge in [-0.1, -0.05) is 142 Å². The van der Waals surface area contributed by atoms with Crippen molar-refractivity contribution in [3.05, 3.63) is 0 Å². The predicted molar refractivity (Wildman–Crippen MR) is 138 cm³/mol. The van der Waals surface area contributed by atoms with Crippen LogP contribution in [-0.2, 0) is 4.79 Å². The largest absolute Gasteiger partial charge is 0.481 e. The first-order valence-corrected chi connectivity index (χ1v) is 14.1.